The Morgan fingerprint density at radius 3 is 0.889 bits per heavy atom. The normalized spacial score (nSPS) is 12.0. The zero-order chi connectivity index (χ0) is 14.7. The lowest BCUT2D eigenvalue weighted by atomic mass is 11.8. The number of rotatable bonds is 8. The van der Waals surface area contributed by atoms with Gasteiger partial charge in [-0.25, -0.2) is 0 Å². The lowest BCUT2D eigenvalue weighted by Gasteiger charge is -2.21. The first-order valence-corrected chi connectivity index (χ1v) is 9.15. The molecule has 0 aliphatic heterocycles. The second-order valence-corrected chi connectivity index (χ2v) is 9.26. The molecule has 0 spiro atoms. The molecule has 0 aliphatic carbocycles. The van der Waals surface area contributed by atoms with Crippen molar-refractivity contribution < 1.29 is 31.0 Å². The van der Waals surface area contributed by atoms with Gasteiger partial charge in [-0.3, -0.25) is 0 Å². The highest BCUT2D eigenvalue weighted by molar-refractivity contribution is 7.82. The van der Waals surface area contributed by atoms with E-state index >= 15 is 0 Å². The van der Waals surface area contributed by atoms with Gasteiger partial charge in [0.25, 0.3) is 0 Å². The fourth-order valence-electron chi connectivity index (χ4n) is 0.944. The zero-order valence-electron chi connectivity index (χ0n) is 12.0. The van der Waals surface area contributed by atoms with Crippen LogP contribution in [0.15, 0.2) is 0 Å². The Balaban J connectivity index is 0. The maximum absolute atomic E-state index is 5.00. The quantitative estimate of drug-likeness (QED) is 0.511. The maximum atomic E-state index is 5.00. The van der Waals surface area contributed by atoms with Crippen molar-refractivity contribution in [2.24, 2.45) is 0 Å². The Labute approximate surface area is 117 Å². The van der Waals surface area contributed by atoms with Gasteiger partial charge in [0.1, 0.15) is 0 Å². The van der Waals surface area contributed by atoms with Gasteiger partial charge in [0.05, 0.1) is 5.38 Å². The molecule has 0 saturated heterocycles. The van der Waals surface area contributed by atoms with Gasteiger partial charge in [0, 0.05) is 49.8 Å². The van der Waals surface area contributed by atoms with Crippen molar-refractivity contribution in [3.8, 4) is 0 Å². The molecule has 18 heavy (non-hydrogen) atoms. The van der Waals surface area contributed by atoms with Crippen LogP contribution in [0, 0.1) is 0 Å². The summed E-state index contributed by atoms with van der Waals surface area (Å²) in [6.07, 6.45) is 0. The van der Waals surface area contributed by atoms with Crippen molar-refractivity contribution in [1.82, 2.24) is 0 Å². The van der Waals surface area contributed by atoms with Gasteiger partial charge >= 0.3 is 17.9 Å². The van der Waals surface area contributed by atoms with E-state index < -0.39 is 17.9 Å². The van der Waals surface area contributed by atoms with Gasteiger partial charge in [0.2, 0.25) is 0 Å². The van der Waals surface area contributed by atoms with Crippen molar-refractivity contribution in [3.63, 3.8) is 0 Å². The van der Waals surface area contributed by atoms with Crippen LogP contribution in [0.3, 0.4) is 0 Å². The average Bonchev–Trinajstić information content (AvgIpc) is 2.46. The van der Waals surface area contributed by atoms with Gasteiger partial charge < -0.3 is 31.0 Å². The summed E-state index contributed by atoms with van der Waals surface area (Å²) < 4.78 is 34.4. The molecule has 0 heterocycles. The Bertz CT molecular complexity index is 135. The highest BCUT2D eigenvalue weighted by Crippen LogP contribution is 2.06. The summed E-state index contributed by atoms with van der Waals surface area (Å²) in [5, 5.41) is 0.510. The van der Waals surface area contributed by atoms with E-state index in [2.05, 4.69) is 12.6 Å². The van der Waals surface area contributed by atoms with E-state index in [1.165, 1.54) is 28.4 Å². The zero-order valence-corrected chi connectivity index (χ0v) is 14.9. The van der Waals surface area contributed by atoms with Crippen LogP contribution in [0.2, 0.25) is 0 Å². The molecule has 112 valence electrons. The topological polar surface area (TPSA) is 64.6 Å². The molecule has 0 rings (SSSR count). The van der Waals surface area contributed by atoms with Crippen LogP contribution in [-0.4, -0.2) is 73.0 Å². The standard InChI is InChI=1S/C4H12O4Si.C4H12O3SSi/c1-5-9(6-2,7-3)8-4;1-5-9(4-8,6-2)7-3/h1-4H3;8H,4H2,1-3H3. The van der Waals surface area contributed by atoms with Crippen LogP contribution in [0.1, 0.15) is 0 Å². The van der Waals surface area contributed by atoms with E-state index in [1.807, 2.05) is 0 Å². The molecule has 10 heteroatoms. The first-order valence-electron chi connectivity index (χ1n) is 4.96. The summed E-state index contributed by atoms with van der Waals surface area (Å²) >= 11 is 4.03. The fourth-order valence-corrected chi connectivity index (χ4v) is 3.99. The van der Waals surface area contributed by atoms with Crippen LogP contribution in [0.4, 0.5) is 0 Å². The average molecular weight is 321 g/mol. The molecular weight excluding hydrogens is 296 g/mol. The van der Waals surface area contributed by atoms with E-state index in [4.69, 9.17) is 31.0 Å². The molecule has 0 atom stereocenters. The van der Waals surface area contributed by atoms with Crippen molar-refractivity contribution in [2.45, 2.75) is 0 Å². The molecule has 0 radical (unpaired) electrons. The number of hydrogen-bond donors (Lipinski definition) is 1. The monoisotopic (exact) mass is 320 g/mol. The van der Waals surface area contributed by atoms with Crippen LogP contribution in [0.5, 0.6) is 0 Å². The summed E-state index contributed by atoms with van der Waals surface area (Å²) in [5.74, 6) is 0. The molecule has 0 amide bonds. The Kier molecular flexibility index (Phi) is 13.1. The minimum absolute atomic E-state index is 0.510. The van der Waals surface area contributed by atoms with Crippen molar-refractivity contribution in [2.75, 3.05) is 55.1 Å². The van der Waals surface area contributed by atoms with E-state index in [0.717, 1.165) is 0 Å². The highest BCUT2D eigenvalue weighted by Gasteiger charge is 2.40. The molecule has 0 unspecified atom stereocenters. The molecular formula is C8H24O7SSi2. The molecule has 0 aliphatic rings. The molecule has 7 nitrogen and oxygen atoms in total. The highest BCUT2D eigenvalue weighted by atomic mass is 32.1. The predicted octanol–water partition coefficient (Wildman–Crippen LogP) is 0.341. The molecule has 0 aromatic heterocycles. The van der Waals surface area contributed by atoms with E-state index in [9.17, 15) is 0 Å². The minimum atomic E-state index is -2.69. The summed E-state index contributed by atoms with van der Waals surface area (Å²) in [6, 6.07) is 0. The SMILES string of the molecule is CO[Si](CS)(OC)OC.CO[Si](OC)(OC)OC. The van der Waals surface area contributed by atoms with Gasteiger partial charge in [0.15, 0.2) is 0 Å². The van der Waals surface area contributed by atoms with Gasteiger partial charge in [-0.05, 0) is 0 Å². The largest absolute Gasteiger partial charge is 0.678 e. The Morgan fingerprint density at radius 2 is 0.889 bits per heavy atom. The molecule has 0 N–H and O–H groups in total. The summed E-state index contributed by atoms with van der Waals surface area (Å²) in [4.78, 5) is 0. The summed E-state index contributed by atoms with van der Waals surface area (Å²) in [5.41, 5.74) is 0. The number of hydrogen-bond acceptors (Lipinski definition) is 8. The van der Waals surface area contributed by atoms with E-state index in [1.54, 1.807) is 21.3 Å². The van der Waals surface area contributed by atoms with Crippen LogP contribution >= 0.6 is 12.6 Å². The number of thiol groups is 1. The smallest absolute Gasteiger partial charge is 0.376 e. The van der Waals surface area contributed by atoms with Gasteiger partial charge in [-0.1, -0.05) is 0 Å². The third-order valence-electron chi connectivity index (χ3n) is 2.13. The lowest BCUT2D eigenvalue weighted by molar-refractivity contribution is 0.0226. The van der Waals surface area contributed by atoms with Crippen molar-refractivity contribution >= 4 is 30.5 Å². The second kappa shape index (κ2) is 11.3. The fraction of sp³-hybridized carbons (Fsp3) is 1.00. The van der Waals surface area contributed by atoms with Crippen LogP contribution < -0.4 is 0 Å². The van der Waals surface area contributed by atoms with Gasteiger partial charge in [-0.15, -0.1) is 0 Å². The second-order valence-electron chi connectivity index (χ2n) is 2.77. The van der Waals surface area contributed by atoms with Crippen molar-refractivity contribution in [1.29, 1.82) is 0 Å². The third-order valence-corrected chi connectivity index (χ3v) is 7.54. The summed E-state index contributed by atoms with van der Waals surface area (Å²) in [6.45, 7) is 0. The minimum Gasteiger partial charge on any atom is -0.376 e. The molecule has 0 fully saturated rings. The van der Waals surface area contributed by atoms with Crippen molar-refractivity contribution in [3.05, 3.63) is 0 Å². The summed E-state index contributed by atoms with van der Waals surface area (Å²) in [7, 11) is 5.63. The van der Waals surface area contributed by atoms with Crippen LogP contribution in [-0.2, 0) is 31.0 Å². The van der Waals surface area contributed by atoms with E-state index in [0.29, 0.717) is 5.38 Å². The Morgan fingerprint density at radius 1 is 0.611 bits per heavy atom. The lowest BCUT2D eigenvalue weighted by Crippen LogP contribution is -2.45. The third kappa shape index (κ3) is 6.61. The molecule has 0 saturated carbocycles. The van der Waals surface area contributed by atoms with Gasteiger partial charge in [-0.2, -0.15) is 12.6 Å². The first kappa shape index (κ1) is 20.8. The molecule has 0 bridgehead atoms. The molecule has 0 aromatic carbocycles. The maximum Gasteiger partial charge on any atom is 0.678 e. The first-order chi connectivity index (χ1) is 8.49. The molecule has 0 aromatic rings. The predicted molar refractivity (Wildman–Crippen MR) is 74.4 cm³/mol. The Hall–Kier alpha value is 0.504. The van der Waals surface area contributed by atoms with E-state index in [-0.39, 0.29) is 0 Å². The van der Waals surface area contributed by atoms with Crippen LogP contribution in [0.25, 0.3) is 0 Å².